The number of halogens is 1. The van der Waals surface area contributed by atoms with Gasteiger partial charge in [0.2, 0.25) is 0 Å². The van der Waals surface area contributed by atoms with E-state index >= 15 is 0 Å². The van der Waals surface area contributed by atoms with Crippen molar-refractivity contribution in [2.75, 3.05) is 13.1 Å². The largest absolute Gasteiger partial charge is 0.362 e. The molecule has 0 unspecified atom stereocenters. The fraction of sp³-hybridized carbons (Fsp3) is 0.250. The zero-order valence-corrected chi connectivity index (χ0v) is 15.0. The Labute approximate surface area is 152 Å². The number of fused-ring (bicyclic) bond motifs is 1. The van der Waals surface area contributed by atoms with Crippen LogP contribution in [0.4, 0.5) is 0 Å². The number of para-hydroxylation sites is 1. The number of nitrogens with zero attached hydrogens (tertiary/aromatic N) is 2. The highest BCUT2D eigenvalue weighted by molar-refractivity contribution is 7.80. The summed E-state index contributed by atoms with van der Waals surface area (Å²) in [4.78, 5) is 3.32. The van der Waals surface area contributed by atoms with Crippen molar-refractivity contribution in [3.8, 4) is 0 Å². The molecule has 1 saturated heterocycles. The van der Waals surface area contributed by atoms with E-state index in [1.165, 1.54) is 34.9 Å². The second-order valence-electron chi connectivity index (χ2n) is 6.31. The third kappa shape index (κ3) is 2.94. The molecule has 0 atom stereocenters. The molecular weight excluding hydrogens is 336 g/mol. The fourth-order valence-electron chi connectivity index (χ4n) is 3.43. The molecule has 24 heavy (non-hydrogen) atoms. The van der Waals surface area contributed by atoms with Crippen molar-refractivity contribution in [2.45, 2.75) is 19.4 Å². The van der Waals surface area contributed by atoms with E-state index in [2.05, 4.69) is 52.1 Å². The van der Waals surface area contributed by atoms with Gasteiger partial charge in [0.1, 0.15) is 4.99 Å². The molecule has 4 rings (SSSR count). The number of thiocarbonyl (C=S) groups is 1. The molecule has 1 aliphatic rings. The Balaban J connectivity index is 1.73. The second-order valence-corrected chi connectivity index (χ2v) is 7.14. The first-order valence-corrected chi connectivity index (χ1v) is 9.12. The summed E-state index contributed by atoms with van der Waals surface area (Å²) in [6.07, 6.45) is 4.69. The highest BCUT2D eigenvalue weighted by Gasteiger charge is 2.20. The van der Waals surface area contributed by atoms with Crippen molar-refractivity contribution in [3.05, 3.63) is 70.9 Å². The van der Waals surface area contributed by atoms with E-state index in [0.717, 1.165) is 29.6 Å². The van der Waals surface area contributed by atoms with Gasteiger partial charge in [0.05, 0.1) is 0 Å². The van der Waals surface area contributed by atoms with Crippen molar-refractivity contribution in [1.82, 2.24) is 9.47 Å². The predicted molar refractivity (Wildman–Crippen MR) is 105 cm³/mol. The standard InChI is InChI=1S/C20H19ClN2S/c21-16-9-7-15(8-10-16)13-23-14-18(17-5-1-2-6-19(17)23)20(24)22-11-3-4-12-22/h1-2,5-10,14H,3-4,11-13H2. The molecule has 1 aliphatic heterocycles. The molecule has 3 aromatic rings. The Kier molecular flexibility index (Phi) is 4.30. The van der Waals surface area contributed by atoms with Crippen LogP contribution in [-0.4, -0.2) is 27.5 Å². The van der Waals surface area contributed by atoms with Crippen LogP contribution in [0.5, 0.6) is 0 Å². The summed E-state index contributed by atoms with van der Waals surface area (Å²) in [5.74, 6) is 0. The predicted octanol–water partition coefficient (Wildman–Crippen LogP) is 5.11. The number of likely N-dealkylation sites (tertiary alicyclic amines) is 1. The Morgan fingerprint density at radius 3 is 2.46 bits per heavy atom. The summed E-state index contributed by atoms with van der Waals surface area (Å²) in [7, 11) is 0. The van der Waals surface area contributed by atoms with Crippen molar-refractivity contribution >= 4 is 39.7 Å². The van der Waals surface area contributed by atoms with E-state index in [1.807, 2.05) is 12.1 Å². The zero-order valence-electron chi connectivity index (χ0n) is 13.4. The monoisotopic (exact) mass is 354 g/mol. The highest BCUT2D eigenvalue weighted by atomic mass is 35.5. The van der Waals surface area contributed by atoms with Gasteiger partial charge in [-0.2, -0.15) is 0 Å². The summed E-state index contributed by atoms with van der Waals surface area (Å²) in [6.45, 7) is 2.98. The van der Waals surface area contributed by atoms with Crippen molar-refractivity contribution < 1.29 is 0 Å². The molecule has 0 saturated carbocycles. The van der Waals surface area contributed by atoms with Crippen molar-refractivity contribution in [1.29, 1.82) is 0 Å². The lowest BCUT2D eigenvalue weighted by Crippen LogP contribution is -2.26. The minimum Gasteiger partial charge on any atom is -0.362 e. The summed E-state index contributed by atoms with van der Waals surface area (Å²) < 4.78 is 2.29. The highest BCUT2D eigenvalue weighted by Crippen LogP contribution is 2.26. The molecule has 1 fully saturated rings. The molecule has 2 nitrogen and oxygen atoms in total. The number of hydrogen-bond acceptors (Lipinski definition) is 1. The smallest absolute Gasteiger partial charge is 0.111 e. The first-order valence-electron chi connectivity index (χ1n) is 8.34. The number of hydrogen-bond donors (Lipinski definition) is 0. The number of rotatable bonds is 3. The Morgan fingerprint density at radius 2 is 1.71 bits per heavy atom. The third-order valence-corrected chi connectivity index (χ3v) is 5.41. The number of benzene rings is 2. The van der Waals surface area contributed by atoms with Crippen LogP contribution in [0.25, 0.3) is 10.9 Å². The molecule has 4 heteroatoms. The van der Waals surface area contributed by atoms with Gasteiger partial charge in [0.15, 0.2) is 0 Å². The maximum atomic E-state index is 6.00. The average molecular weight is 355 g/mol. The molecule has 0 spiro atoms. The molecule has 0 aliphatic carbocycles. The van der Waals surface area contributed by atoms with Gasteiger partial charge >= 0.3 is 0 Å². The second kappa shape index (κ2) is 6.58. The third-order valence-electron chi connectivity index (χ3n) is 4.68. The summed E-state index contributed by atoms with van der Waals surface area (Å²) in [5.41, 5.74) is 3.64. The van der Waals surface area contributed by atoms with E-state index in [9.17, 15) is 0 Å². The van der Waals surface area contributed by atoms with Crippen molar-refractivity contribution in [3.63, 3.8) is 0 Å². The molecule has 0 amide bonds. The minimum atomic E-state index is 0.770. The van der Waals surface area contributed by atoms with E-state index in [0.29, 0.717) is 0 Å². The Morgan fingerprint density at radius 1 is 1.00 bits per heavy atom. The van der Waals surface area contributed by atoms with Crippen molar-refractivity contribution in [2.24, 2.45) is 0 Å². The van der Waals surface area contributed by atoms with Crippen LogP contribution in [0.15, 0.2) is 54.7 Å². The maximum absolute atomic E-state index is 6.00. The van der Waals surface area contributed by atoms with Crippen LogP contribution in [0, 0.1) is 0 Å². The normalized spacial score (nSPS) is 14.5. The van der Waals surface area contributed by atoms with Gasteiger partial charge in [-0.25, -0.2) is 0 Å². The van der Waals surface area contributed by atoms with Gasteiger partial charge in [-0.1, -0.05) is 54.2 Å². The molecule has 0 radical (unpaired) electrons. The quantitative estimate of drug-likeness (QED) is 0.603. The molecule has 1 aromatic heterocycles. The average Bonchev–Trinajstić information content (AvgIpc) is 3.25. The topological polar surface area (TPSA) is 8.17 Å². The van der Waals surface area contributed by atoms with Crippen LogP contribution >= 0.6 is 23.8 Å². The molecule has 2 heterocycles. The van der Waals surface area contributed by atoms with Gasteiger partial charge < -0.3 is 9.47 Å². The lowest BCUT2D eigenvalue weighted by Gasteiger charge is -2.17. The van der Waals surface area contributed by atoms with E-state index < -0.39 is 0 Å². The van der Waals surface area contributed by atoms with Gasteiger partial charge in [0, 0.05) is 47.3 Å². The Hall–Kier alpha value is -1.84. The molecule has 2 aromatic carbocycles. The first-order chi connectivity index (χ1) is 11.7. The van der Waals surface area contributed by atoms with Gasteiger partial charge in [0.25, 0.3) is 0 Å². The van der Waals surface area contributed by atoms with Crippen LogP contribution in [-0.2, 0) is 6.54 Å². The van der Waals surface area contributed by atoms with Gasteiger partial charge in [-0.05, 0) is 36.6 Å². The number of aromatic nitrogens is 1. The Bertz CT molecular complexity index is 876. The zero-order chi connectivity index (χ0) is 16.5. The van der Waals surface area contributed by atoms with E-state index in [1.54, 1.807) is 0 Å². The first kappa shape index (κ1) is 15.7. The van der Waals surface area contributed by atoms with E-state index in [4.69, 9.17) is 23.8 Å². The fourth-order valence-corrected chi connectivity index (χ4v) is 3.90. The van der Waals surface area contributed by atoms with Gasteiger partial charge in [-0.3, -0.25) is 0 Å². The summed E-state index contributed by atoms with van der Waals surface area (Å²) in [6, 6.07) is 16.6. The van der Waals surface area contributed by atoms with Crippen LogP contribution in [0.2, 0.25) is 5.02 Å². The summed E-state index contributed by atoms with van der Waals surface area (Å²) in [5, 5.41) is 2.01. The SMILES string of the molecule is S=C(c1cn(Cc2ccc(Cl)cc2)c2ccccc12)N1CCCC1. The van der Waals surface area contributed by atoms with Gasteiger partial charge in [-0.15, -0.1) is 0 Å². The van der Waals surface area contributed by atoms with Crippen LogP contribution in [0.3, 0.4) is 0 Å². The summed E-state index contributed by atoms with van der Waals surface area (Å²) >= 11 is 11.8. The minimum absolute atomic E-state index is 0.770. The molecule has 122 valence electrons. The molecule has 0 N–H and O–H groups in total. The molecular formula is C20H19ClN2S. The molecule has 0 bridgehead atoms. The van der Waals surface area contributed by atoms with Crippen LogP contribution in [0.1, 0.15) is 24.0 Å². The van der Waals surface area contributed by atoms with Crippen LogP contribution < -0.4 is 0 Å². The lowest BCUT2D eigenvalue weighted by atomic mass is 10.1. The lowest BCUT2D eigenvalue weighted by molar-refractivity contribution is 0.530. The van der Waals surface area contributed by atoms with E-state index in [-0.39, 0.29) is 0 Å². The maximum Gasteiger partial charge on any atom is 0.111 e.